The van der Waals surface area contributed by atoms with Gasteiger partial charge in [0.05, 0.1) is 11.3 Å². The predicted octanol–water partition coefficient (Wildman–Crippen LogP) is 1.82. The Morgan fingerprint density at radius 3 is 2.88 bits per heavy atom. The Kier molecular flexibility index (Phi) is 4.10. The van der Waals surface area contributed by atoms with E-state index in [0.717, 1.165) is 13.0 Å². The van der Waals surface area contributed by atoms with Crippen molar-refractivity contribution in [3.8, 4) is 0 Å². The number of aromatic carboxylic acids is 1. The number of nitrogens with two attached hydrogens (primary N) is 1. The van der Waals surface area contributed by atoms with E-state index in [4.69, 9.17) is 10.8 Å². The molecule has 0 spiro atoms. The molecule has 0 aliphatic carbocycles. The molecule has 0 aliphatic heterocycles. The van der Waals surface area contributed by atoms with Crippen molar-refractivity contribution < 1.29 is 9.90 Å². The van der Waals surface area contributed by atoms with E-state index in [0.29, 0.717) is 17.4 Å². The summed E-state index contributed by atoms with van der Waals surface area (Å²) in [5, 5.41) is 11.8. The molecular weight excluding hydrogens is 206 g/mol. The van der Waals surface area contributed by atoms with Crippen molar-refractivity contribution in [2.75, 3.05) is 17.6 Å². The van der Waals surface area contributed by atoms with Gasteiger partial charge in [-0.25, -0.2) is 9.78 Å². The molecular formula is C11H17N3O2. The zero-order valence-corrected chi connectivity index (χ0v) is 9.53. The van der Waals surface area contributed by atoms with Gasteiger partial charge in [0.15, 0.2) is 0 Å². The lowest BCUT2D eigenvalue weighted by atomic mass is 10.1. The Morgan fingerprint density at radius 1 is 1.69 bits per heavy atom. The lowest BCUT2D eigenvalue weighted by Gasteiger charge is -2.12. The third-order valence-corrected chi connectivity index (χ3v) is 2.48. The molecule has 0 aromatic carbocycles. The second kappa shape index (κ2) is 5.34. The summed E-state index contributed by atoms with van der Waals surface area (Å²) >= 11 is 0. The molecule has 0 saturated carbocycles. The van der Waals surface area contributed by atoms with Gasteiger partial charge in [-0.1, -0.05) is 20.3 Å². The molecule has 1 aromatic rings. The van der Waals surface area contributed by atoms with Gasteiger partial charge >= 0.3 is 5.97 Å². The van der Waals surface area contributed by atoms with E-state index in [9.17, 15) is 4.79 Å². The largest absolute Gasteiger partial charge is 0.478 e. The van der Waals surface area contributed by atoms with Gasteiger partial charge in [0, 0.05) is 12.7 Å². The lowest BCUT2D eigenvalue weighted by Crippen LogP contribution is -2.13. The highest BCUT2D eigenvalue weighted by Gasteiger charge is 2.08. The minimum absolute atomic E-state index is 0.103. The number of nitrogens with one attached hydrogen (secondary N) is 1. The van der Waals surface area contributed by atoms with E-state index in [1.54, 1.807) is 0 Å². The van der Waals surface area contributed by atoms with Crippen LogP contribution in [0.2, 0.25) is 0 Å². The lowest BCUT2D eigenvalue weighted by molar-refractivity contribution is 0.0696. The molecule has 1 atom stereocenters. The van der Waals surface area contributed by atoms with Crippen molar-refractivity contribution in [3.63, 3.8) is 0 Å². The fraction of sp³-hybridized carbons (Fsp3) is 0.455. The third-order valence-electron chi connectivity index (χ3n) is 2.48. The van der Waals surface area contributed by atoms with Crippen LogP contribution in [0.4, 0.5) is 11.5 Å². The first kappa shape index (κ1) is 12.3. The van der Waals surface area contributed by atoms with E-state index in [1.807, 2.05) is 0 Å². The highest BCUT2D eigenvalue weighted by molar-refractivity contribution is 5.89. The summed E-state index contributed by atoms with van der Waals surface area (Å²) in [5.41, 5.74) is 6.17. The quantitative estimate of drug-likeness (QED) is 0.708. The number of hydrogen-bond acceptors (Lipinski definition) is 4. The molecule has 1 rings (SSSR count). The van der Waals surface area contributed by atoms with Crippen LogP contribution in [0.3, 0.4) is 0 Å². The normalized spacial score (nSPS) is 12.1. The summed E-state index contributed by atoms with van der Waals surface area (Å²) in [6.45, 7) is 5.01. The van der Waals surface area contributed by atoms with Crippen LogP contribution in [-0.2, 0) is 0 Å². The van der Waals surface area contributed by atoms with E-state index < -0.39 is 5.97 Å². The number of aromatic nitrogens is 1. The molecule has 0 fully saturated rings. The first-order chi connectivity index (χ1) is 7.54. The zero-order chi connectivity index (χ0) is 12.1. The van der Waals surface area contributed by atoms with Gasteiger partial charge < -0.3 is 16.2 Å². The maximum atomic E-state index is 10.7. The third kappa shape index (κ3) is 3.12. The number of anilines is 2. The summed E-state index contributed by atoms with van der Waals surface area (Å²) < 4.78 is 0. The second-order valence-electron chi connectivity index (χ2n) is 3.86. The average molecular weight is 223 g/mol. The summed E-state index contributed by atoms with van der Waals surface area (Å²) in [4.78, 5) is 14.6. The Balaban J connectivity index is 2.72. The van der Waals surface area contributed by atoms with Gasteiger partial charge in [0.25, 0.3) is 0 Å². The van der Waals surface area contributed by atoms with E-state index >= 15 is 0 Å². The average Bonchev–Trinajstić information content (AvgIpc) is 2.26. The summed E-state index contributed by atoms with van der Waals surface area (Å²) in [6.07, 6.45) is 2.37. The SMILES string of the molecule is CCC(C)CNc1ncc(C(=O)O)cc1N. The van der Waals surface area contributed by atoms with Crippen LogP contribution in [0.25, 0.3) is 0 Å². The molecule has 5 heteroatoms. The highest BCUT2D eigenvalue weighted by Crippen LogP contribution is 2.17. The molecule has 0 amide bonds. The fourth-order valence-corrected chi connectivity index (χ4v) is 1.16. The van der Waals surface area contributed by atoms with Crippen LogP contribution in [0.5, 0.6) is 0 Å². The van der Waals surface area contributed by atoms with Crippen molar-refractivity contribution in [3.05, 3.63) is 17.8 Å². The number of hydrogen-bond donors (Lipinski definition) is 3. The molecule has 16 heavy (non-hydrogen) atoms. The predicted molar refractivity (Wildman–Crippen MR) is 63.6 cm³/mol. The van der Waals surface area contributed by atoms with Crippen LogP contribution in [0, 0.1) is 5.92 Å². The molecule has 0 radical (unpaired) electrons. The maximum absolute atomic E-state index is 10.7. The van der Waals surface area contributed by atoms with Crippen molar-refractivity contribution in [1.82, 2.24) is 4.98 Å². The van der Waals surface area contributed by atoms with Crippen LogP contribution in [0.15, 0.2) is 12.3 Å². The number of carboxylic acids is 1. The van der Waals surface area contributed by atoms with E-state index in [1.165, 1.54) is 12.3 Å². The molecule has 1 heterocycles. The smallest absolute Gasteiger partial charge is 0.337 e. The molecule has 88 valence electrons. The first-order valence-corrected chi connectivity index (χ1v) is 5.27. The monoisotopic (exact) mass is 223 g/mol. The van der Waals surface area contributed by atoms with Gasteiger partial charge in [-0.3, -0.25) is 0 Å². The van der Waals surface area contributed by atoms with Crippen LogP contribution in [-0.4, -0.2) is 22.6 Å². The molecule has 1 unspecified atom stereocenters. The Hall–Kier alpha value is -1.78. The van der Waals surface area contributed by atoms with Gasteiger partial charge in [0.1, 0.15) is 5.82 Å². The van der Waals surface area contributed by atoms with E-state index in [2.05, 4.69) is 24.1 Å². The highest BCUT2D eigenvalue weighted by atomic mass is 16.4. The second-order valence-corrected chi connectivity index (χ2v) is 3.86. The van der Waals surface area contributed by atoms with Gasteiger partial charge in [-0.15, -0.1) is 0 Å². The Bertz CT molecular complexity index is 379. The molecule has 0 bridgehead atoms. The van der Waals surface area contributed by atoms with Crippen molar-refractivity contribution >= 4 is 17.5 Å². The standard InChI is InChI=1S/C11H17N3O2/c1-3-7(2)5-13-10-9(12)4-8(6-14-10)11(15)16/h4,6-7H,3,5,12H2,1-2H3,(H,13,14)(H,15,16). The van der Waals surface area contributed by atoms with Gasteiger partial charge in [0.2, 0.25) is 0 Å². The number of nitrogens with zero attached hydrogens (tertiary/aromatic N) is 1. The van der Waals surface area contributed by atoms with Crippen LogP contribution < -0.4 is 11.1 Å². The minimum atomic E-state index is -1.02. The number of rotatable bonds is 5. The maximum Gasteiger partial charge on any atom is 0.337 e. The van der Waals surface area contributed by atoms with Crippen molar-refractivity contribution in [1.29, 1.82) is 0 Å². The number of carboxylic acid groups (broad SMARTS) is 1. The molecule has 4 N–H and O–H groups in total. The van der Waals surface area contributed by atoms with Crippen molar-refractivity contribution in [2.45, 2.75) is 20.3 Å². The van der Waals surface area contributed by atoms with E-state index in [-0.39, 0.29) is 5.56 Å². The molecule has 0 saturated heterocycles. The zero-order valence-electron chi connectivity index (χ0n) is 9.53. The first-order valence-electron chi connectivity index (χ1n) is 5.27. The van der Waals surface area contributed by atoms with Gasteiger partial charge in [-0.05, 0) is 12.0 Å². The number of nitrogen functional groups attached to an aromatic ring is 1. The summed E-state index contributed by atoms with van der Waals surface area (Å²) in [7, 11) is 0. The number of carbonyl (C=O) groups is 1. The Labute approximate surface area is 94.7 Å². The fourth-order valence-electron chi connectivity index (χ4n) is 1.16. The van der Waals surface area contributed by atoms with Crippen LogP contribution >= 0.6 is 0 Å². The minimum Gasteiger partial charge on any atom is -0.478 e. The van der Waals surface area contributed by atoms with Crippen LogP contribution in [0.1, 0.15) is 30.6 Å². The summed E-state index contributed by atoms with van der Waals surface area (Å²) in [5.74, 6) is 0.0540. The molecule has 5 nitrogen and oxygen atoms in total. The van der Waals surface area contributed by atoms with Crippen molar-refractivity contribution in [2.24, 2.45) is 5.92 Å². The number of pyridine rings is 1. The molecule has 0 aliphatic rings. The Morgan fingerprint density at radius 2 is 2.38 bits per heavy atom. The van der Waals surface area contributed by atoms with Gasteiger partial charge in [-0.2, -0.15) is 0 Å². The molecule has 1 aromatic heterocycles. The topological polar surface area (TPSA) is 88.2 Å². The summed E-state index contributed by atoms with van der Waals surface area (Å²) in [6, 6.07) is 1.41.